The average Bonchev–Trinajstić information content (AvgIpc) is 3.13. The topological polar surface area (TPSA) is 75.7 Å². The predicted octanol–water partition coefficient (Wildman–Crippen LogP) is 2.36. The number of amides is 3. The lowest BCUT2D eigenvalue weighted by Gasteiger charge is -2.17. The van der Waals surface area contributed by atoms with Gasteiger partial charge in [-0.15, -0.1) is 11.3 Å². The fraction of sp³-hybridized carbons (Fsp3) is 0.562. The summed E-state index contributed by atoms with van der Waals surface area (Å²) < 4.78 is 5.25. The molecule has 3 amide bonds. The van der Waals surface area contributed by atoms with Crippen LogP contribution in [-0.4, -0.2) is 42.0 Å². The first kappa shape index (κ1) is 17.5. The van der Waals surface area contributed by atoms with Crippen molar-refractivity contribution in [3.63, 3.8) is 0 Å². The van der Waals surface area contributed by atoms with Crippen LogP contribution in [0, 0.1) is 0 Å². The number of rotatable bonds is 6. The highest BCUT2D eigenvalue weighted by Gasteiger charge is 2.32. The molecular formula is C16H22N2O4S. The zero-order chi connectivity index (χ0) is 17.0. The Kier molecular flexibility index (Phi) is 5.76. The zero-order valence-corrected chi connectivity index (χ0v) is 14.5. The van der Waals surface area contributed by atoms with E-state index in [0.717, 1.165) is 29.7 Å². The third-order valence-electron chi connectivity index (χ3n) is 3.71. The molecule has 1 N–H and O–H groups in total. The molecule has 23 heavy (non-hydrogen) atoms. The second-order valence-electron chi connectivity index (χ2n) is 5.43. The third-order valence-corrected chi connectivity index (χ3v) is 4.93. The Balaban J connectivity index is 2.03. The van der Waals surface area contributed by atoms with Gasteiger partial charge in [-0.1, -0.05) is 20.3 Å². The number of nitrogens with zero attached hydrogens (tertiary/aromatic N) is 1. The monoisotopic (exact) mass is 338 g/mol. The van der Waals surface area contributed by atoms with Crippen LogP contribution in [0.2, 0.25) is 0 Å². The Morgan fingerprint density at radius 2 is 2.17 bits per heavy atom. The summed E-state index contributed by atoms with van der Waals surface area (Å²) in [5, 5.41) is 2.55. The van der Waals surface area contributed by atoms with Crippen LogP contribution in [0.5, 0.6) is 0 Å². The summed E-state index contributed by atoms with van der Waals surface area (Å²) in [6, 6.07) is 1.41. The molecule has 0 radical (unpaired) electrons. The summed E-state index contributed by atoms with van der Waals surface area (Å²) in [5.41, 5.74) is 1.15. The number of esters is 1. The van der Waals surface area contributed by atoms with Gasteiger partial charge in [-0.2, -0.15) is 0 Å². The SMILES string of the molecule is CCCc1sc(C(=O)OC(C)C(=O)N2CCNC2=O)cc1CC. The minimum atomic E-state index is -0.979. The van der Waals surface area contributed by atoms with E-state index in [9.17, 15) is 14.4 Å². The fourth-order valence-corrected chi connectivity index (χ4v) is 3.71. The van der Waals surface area contributed by atoms with Crippen molar-refractivity contribution >= 4 is 29.2 Å². The lowest BCUT2D eigenvalue weighted by molar-refractivity contribution is -0.135. The maximum Gasteiger partial charge on any atom is 0.349 e. The first-order valence-electron chi connectivity index (χ1n) is 7.89. The molecular weight excluding hydrogens is 316 g/mol. The number of imide groups is 1. The van der Waals surface area contributed by atoms with Gasteiger partial charge in [0.05, 0.1) is 0 Å². The minimum absolute atomic E-state index is 0.305. The lowest BCUT2D eigenvalue weighted by Crippen LogP contribution is -2.41. The van der Waals surface area contributed by atoms with E-state index < -0.39 is 24.0 Å². The normalized spacial score (nSPS) is 15.4. The van der Waals surface area contributed by atoms with Crippen LogP contribution in [-0.2, 0) is 22.4 Å². The molecule has 0 aromatic carbocycles. The molecule has 7 heteroatoms. The number of urea groups is 1. The van der Waals surface area contributed by atoms with Crippen molar-refractivity contribution in [2.24, 2.45) is 0 Å². The van der Waals surface area contributed by atoms with Crippen molar-refractivity contribution < 1.29 is 19.1 Å². The van der Waals surface area contributed by atoms with E-state index in [-0.39, 0.29) is 0 Å². The second-order valence-corrected chi connectivity index (χ2v) is 6.57. The summed E-state index contributed by atoms with van der Waals surface area (Å²) in [6.45, 7) is 6.37. The van der Waals surface area contributed by atoms with E-state index >= 15 is 0 Å². The van der Waals surface area contributed by atoms with Gasteiger partial charge in [0.1, 0.15) is 4.88 Å². The van der Waals surface area contributed by atoms with Gasteiger partial charge in [0.25, 0.3) is 5.91 Å². The molecule has 126 valence electrons. The third kappa shape index (κ3) is 3.90. The van der Waals surface area contributed by atoms with E-state index in [1.165, 1.54) is 23.1 Å². The number of aryl methyl sites for hydroxylation is 2. The second kappa shape index (κ2) is 7.59. The molecule has 1 fully saturated rings. The zero-order valence-electron chi connectivity index (χ0n) is 13.7. The van der Waals surface area contributed by atoms with E-state index in [2.05, 4.69) is 19.2 Å². The molecule has 6 nitrogen and oxygen atoms in total. The highest BCUT2D eigenvalue weighted by Crippen LogP contribution is 2.25. The van der Waals surface area contributed by atoms with Crippen LogP contribution in [0.3, 0.4) is 0 Å². The number of carbonyl (C=O) groups excluding carboxylic acids is 3. The lowest BCUT2D eigenvalue weighted by atomic mass is 10.1. The van der Waals surface area contributed by atoms with Crippen molar-refractivity contribution in [2.45, 2.75) is 46.1 Å². The van der Waals surface area contributed by atoms with Crippen LogP contribution in [0.4, 0.5) is 4.79 Å². The van der Waals surface area contributed by atoms with E-state index in [1.54, 1.807) is 0 Å². The molecule has 1 aliphatic heterocycles. The van der Waals surface area contributed by atoms with E-state index in [0.29, 0.717) is 18.0 Å². The number of hydrogen-bond donors (Lipinski definition) is 1. The molecule has 0 aliphatic carbocycles. The first-order chi connectivity index (χ1) is 11.0. The Morgan fingerprint density at radius 3 is 2.74 bits per heavy atom. The standard InChI is InChI=1S/C16H22N2O4S/c1-4-6-12-11(5-2)9-13(23-12)15(20)22-10(3)14(19)18-8-7-17-16(18)21/h9-10H,4-8H2,1-3H3,(H,17,21). The van der Waals surface area contributed by atoms with Gasteiger partial charge in [-0.05, 0) is 31.4 Å². The molecule has 0 spiro atoms. The van der Waals surface area contributed by atoms with Gasteiger partial charge < -0.3 is 10.1 Å². The van der Waals surface area contributed by atoms with Gasteiger partial charge in [0, 0.05) is 18.0 Å². The minimum Gasteiger partial charge on any atom is -0.448 e. The van der Waals surface area contributed by atoms with E-state index in [4.69, 9.17) is 4.74 Å². The number of carbonyl (C=O) groups is 3. The summed E-state index contributed by atoms with van der Waals surface area (Å²) in [5.74, 6) is -0.998. The molecule has 1 atom stereocenters. The maximum absolute atomic E-state index is 12.3. The highest BCUT2D eigenvalue weighted by molar-refractivity contribution is 7.14. The van der Waals surface area contributed by atoms with Gasteiger partial charge in [-0.25, -0.2) is 9.59 Å². The van der Waals surface area contributed by atoms with Gasteiger partial charge in [0.15, 0.2) is 6.10 Å². The fourth-order valence-electron chi connectivity index (χ4n) is 2.48. The molecule has 1 aromatic heterocycles. The molecule has 2 heterocycles. The van der Waals surface area contributed by atoms with Crippen molar-refractivity contribution in [2.75, 3.05) is 13.1 Å². The first-order valence-corrected chi connectivity index (χ1v) is 8.71. The van der Waals surface area contributed by atoms with Crippen LogP contribution < -0.4 is 5.32 Å². The maximum atomic E-state index is 12.3. The van der Waals surface area contributed by atoms with Crippen LogP contribution in [0.1, 0.15) is 47.3 Å². The van der Waals surface area contributed by atoms with E-state index in [1.807, 2.05) is 6.07 Å². The number of thiophene rings is 1. The number of ether oxygens (including phenoxy) is 1. The molecule has 0 bridgehead atoms. The predicted molar refractivity (Wildman–Crippen MR) is 87.7 cm³/mol. The summed E-state index contributed by atoms with van der Waals surface area (Å²) in [4.78, 5) is 38.7. The van der Waals surface area contributed by atoms with Crippen LogP contribution in [0.15, 0.2) is 6.07 Å². The average molecular weight is 338 g/mol. The van der Waals surface area contributed by atoms with Gasteiger partial charge >= 0.3 is 12.0 Å². The quantitative estimate of drug-likeness (QED) is 0.808. The summed E-state index contributed by atoms with van der Waals surface area (Å²) in [6.07, 6.45) is 1.83. The Hall–Kier alpha value is -1.89. The number of hydrogen-bond acceptors (Lipinski definition) is 5. The van der Waals surface area contributed by atoms with Crippen molar-refractivity contribution in [3.05, 3.63) is 21.4 Å². The van der Waals surface area contributed by atoms with Crippen molar-refractivity contribution in [1.82, 2.24) is 10.2 Å². The Bertz CT molecular complexity index is 611. The van der Waals surface area contributed by atoms with Crippen molar-refractivity contribution in [1.29, 1.82) is 0 Å². The number of nitrogens with one attached hydrogen (secondary N) is 1. The molecule has 1 saturated heterocycles. The van der Waals surface area contributed by atoms with Crippen molar-refractivity contribution in [3.8, 4) is 0 Å². The molecule has 1 unspecified atom stereocenters. The highest BCUT2D eigenvalue weighted by atomic mass is 32.1. The largest absolute Gasteiger partial charge is 0.448 e. The van der Waals surface area contributed by atoms with Gasteiger partial charge in [0.2, 0.25) is 0 Å². The Labute approximate surface area is 139 Å². The molecule has 0 saturated carbocycles. The Morgan fingerprint density at radius 1 is 1.43 bits per heavy atom. The summed E-state index contributed by atoms with van der Waals surface area (Å²) in [7, 11) is 0. The molecule has 1 aromatic rings. The summed E-state index contributed by atoms with van der Waals surface area (Å²) >= 11 is 1.42. The smallest absolute Gasteiger partial charge is 0.349 e. The molecule has 2 rings (SSSR count). The molecule has 1 aliphatic rings. The van der Waals surface area contributed by atoms with Gasteiger partial charge in [-0.3, -0.25) is 9.69 Å². The van der Waals surface area contributed by atoms with Crippen LogP contribution >= 0.6 is 11.3 Å². The van der Waals surface area contributed by atoms with Crippen LogP contribution in [0.25, 0.3) is 0 Å².